The Labute approximate surface area is 136 Å². The first-order valence-corrected chi connectivity index (χ1v) is 7.94. The fourth-order valence-corrected chi connectivity index (χ4v) is 2.82. The summed E-state index contributed by atoms with van der Waals surface area (Å²) in [4.78, 5) is 6.30. The quantitative estimate of drug-likeness (QED) is 0.833. The molecule has 0 radical (unpaired) electrons. The van der Waals surface area contributed by atoms with E-state index in [1.54, 1.807) is 0 Å². The van der Waals surface area contributed by atoms with Crippen LogP contribution in [0, 0.1) is 0 Å². The predicted octanol–water partition coefficient (Wildman–Crippen LogP) is 3.74. The van der Waals surface area contributed by atoms with Gasteiger partial charge in [-0.05, 0) is 74.3 Å². The lowest BCUT2D eigenvalue weighted by molar-refractivity contribution is 0.241. The van der Waals surface area contributed by atoms with E-state index in [-0.39, 0.29) is 6.04 Å². The number of benzene rings is 1. The van der Waals surface area contributed by atoms with Crippen molar-refractivity contribution >= 4 is 31.9 Å². The molecular weight excluding hydrogens is 382 g/mol. The number of hydrogen-bond acceptors (Lipinski definition) is 3. The van der Waals surface area contributed by atoms with Gasteiger partial charge in [-0.2, -0.15) is 0 Å². The van der Waals surface area contributed by atoms with Crippen molar-refractivity contribution in [1.29, 1.82) is 0 Å². The van der Waals surface area contributed by atoms with E-state index in [4.69, 9.17) is 5.73 Å². The molecule has 0 spiro atoms. The van der Waals surface area contributed by atoms with Crippen molar-refractivity contribution in [2.45, 2.75) is 12.6 Å². The predicted molar refractivity (Wildman–Crippen MR) is 89.3 cm³/mol. The minimum absolute atomic E-state index is 0.188. The summed E-state index contributed by atoms with van der Waals surface area (Å²) >= 11 is 7.04. The number of likely N-dealkylation sites (N-methyl/N-ethyl adjacent to an activating group) is 1. The highest BCUT2D eigenvalue weighted by molar-refractivity contribution is 9.13. The van der Waals surface area contributed by atoms with E-state index >= 15 is 0 Å². The van der Waals surface area contributed by atoms with Gasteiger partial charge in [0.1, 0.15) is 0 Å². The van der Waals surface area contributed by atoms with Gasteiger partial charge in [0.2, 0.25) is 0 Å². The van der Waals surface area contributed by atoms with Gasteiger partial charge in [0.15, 0.2) is 0 Å². The normalized spacial score (nSPS) is 12.7. The Morgan fingerprint density at radius 2 is 1.85 bits per heavy atom. The van der Waals surface area contributed by atoms with Crippen LogP contribution in [-0.4, -0.2) is 23.5 Å². The monoisotopic (exact) mass is 397 g/mol. The third-order valence-corrected chi connectivity index (χ3v) is 5.14. The van der Waals surface area contributed by atoms with Gasteiger partial charge in [-0.15, -0.1) is 0 Å². The van der Waals surface area contributed by atoms with Gasteiger partial charge in [-0.1, -0.05) is 6.07 Å². The number of hydrogen-bond donors (Lipinski definition) is 1. The highest BCUT2D eigenvalue weighted by atomic mass is 79.9. The molecule has 0 saturated carbocycles. The molecule has 3 nitrogen and oxygen atoms in total. The van der Waals surface area contributed by atoms with Crippen molar-refractivity contribution < 1.29 is 0 Å². The third-order valence-electron chi connectivity index (χ3n) is 3.27. The molecule has 0 bridgehead atoms. The number of rotatable bonds is 5. The van der Waals surface area contributed by atoms with Gasteiger partial charge in [0, 0.05) is 40.5 Å². The average molecular weight is 399 g/mol. The van der Waals surface area contributed by atoms with E-state index in [1.165, 1.54) is 11.1 Å². The Kier molecular flexibility index (Phi) is 5.72. The SMILES string of the molecule is CN(Cc1ccncc1)C(CN)c1ccc(Br)c(Br)c1. The Morgan fingerprint density at radius 3 is 2.45 bits per heavy atom. The average Bonchev–Trinajstić information content (AvgIpc) is 2.44. The van der Waals surface area contributed by atoms with Gasteiger partial charge in [0.05, 0.1) is 0 Å². The maximum Gasteiger partial charge on any atom is 0.0471 e. The minimum atomic E-state index is 0.188. The lowest BCUT2D eigenvalue weighted by atomic mass is 10.1. The Balaban J connectivity index is 2.16. The highest BCUT2D eigenvalue weighted by Gasteiger charge is 2.16. The number of nitrogens with two attached hydrogens (primary N) is 1. The Morgan fingerprint density at radius 1 is 1.15 bits per heavy atom. The lowest BCUT2D eigenvalue weighted by Gasteiger charge is -2.27. The molecule has 0 aliphatic heterocycles. The molecule has 2 rings (SSSR count). The van der Waals surface area contributed by atoms with Gasteiger partial charge >= 0.3 is 0 Å². The summed E-state index contributed by atoms with van der Waals surface area (Å²) in [5.41, 5.74) is 8.41. The second kappa shape index (κ2) is 7.31. The van der Waals surface area contributed by atoms with Crippen LogP contribution in [0.5, 0.6) is 0 Å². The minimum Gasteiger partial charge on any atom is -0.329 e. The molecule has 0 aliphatic rings. The fourth-order valence-electron chi connectivity index (χ4n) is 2.18. The summed E-state index contributed by atoms with van der Waals surface area (Å²) in [6.07, 6.45) is 3.63. The van der Waals surface area contributed by atoms with Gasteiger partial charge in [0.25, 0.3) is 0 Å². The second-order valence-electron chi connectivity index (χ2n) is 4.70. The van der Waals surface area contributed by atoms with Crippen LogP contribution < -0.4 is 5.73 Å². The molecule has 1 aromatic carbocycles. The summed E-state index contributed by atoms with van der Waals surface area (Å²) < 4.78 is 2.10. The molecule has 0 fully saturated rings. The van der Waals surface area contributed by atoms with E-state index in [2.05, 4.69) is 60.9 Å². The summed E-state index contributed by atoms with van der Waals surface area (Å²) in [6.45, 7) is 1.42. The zero-order valence-corrected chi connectivity index (χ0v) is 14.4. The molecule has 0 amide bonds. The van der Waals surface area contributed by atoms with Crippen molar-refractivity contribution in [3.8, 4) is 0 Å². The molecule has 1 atom stereocenters. The molecule has 1 heterocycles. The molecule has 5 heteroatoms. The van der Waals surface area contributed by atoms with Gasteiger partial charge < -0.3 is 5.73 Å². The molecule has 0 aliphatic carbocycles. The highest BCUT2D eigenvalue weighted by Crippen LogP contribution is 2.28. The van der Waals surface area contributed by atoms with E-state index in [9.17, 15) is 0 Å². The van der Waals surface area contributed by atoms with Crippen LogP contribution in [0.4, 0.5) is 0 Å². The largest absolute Gasteiger partial charge is 0.329 e. The zero-order chi connectivity index (χ0) is 14.5. The first kappa shape index (κ1) is 15.6. The van der Waals surface area contributed by atoms with Crippen LogP contribution in [0.3, 0.4) is 0 Å². The van der Waals surface area contributed by atoms with E-state index in [0.717, 1.165) is 15.5 Å². The Bertz CT molecular complexity index is 560. The molecule has 2 aromatic rings. The van der Waals surface area contributed by atoms with Crippen molar-refractivity contribution in [3.63, 3.8) is 0 Å². The molecule has 0 saturated heterocycles. The molecule has 1 unspecified atom stereocenters. The fraction of sp³-hybridized carbons (Fsp3) is 0.267. The summed E-state index contributed by atoms with van der Waals surface area (Å²) in [7, 11) is 2.09. The molecule has 20 heavy (non-hydrogen) atoms. The van der Waals surface area contributed by atoms with Crippen molar-refractivity contribution in [1.82, 2.24) is 9.88 Å². The standard InChI is InChI=1S/C15H17Br2N3/c1-20(10-11-4-6-19-7-5-11)15(9-18)12-2-3-13(16)14(17)8-12/h2-8,15H,9-10,18H2,1H3. The van der Waals surface area contributed by atoms with Crippen LogP contribution in [0.1, 0.15) is 17.2 Å². The first-order valence-electron chi connectivity index (χ1n) is 6.36. The Hall–Kier alpha value is -0.750. The number of nitrogens with zero attached hydrogens (tertiary/aromatic N) is 2. The van der Waals surface area contributed by atoms with E-state index in [1.807, 2.05) is 30.6 Å². The number of halogens is 2. The molecule has 1 aromatic heterocycles. The van der Waals surface area contributed by atoms with Crippen molar-refractivity contribution in [2.75, 3.05) is 13.6 Å². The zero-order valence-electron chi connectivity index (χ0n) is 11.3. The first-order chi connectivity index (χ1) is 9.61. The number of aromatic nitrogens is 1. The maximum absolute atomic E-state index is 5.97. The molecule has 106 valence electrons. The van der Waals surface area contributed by atoms with Crippen molar-refractivity contribution in [2.24, 2.45) is 5.73 Å². The molecule has 2 N–H and O–H groups in total. The molecular formula is C15H17Br2N3. The third kappa shape index (κ3) is 3.88. The number of pyridine rings is 1. The van der Waals surface area contributed by atoms with E-state index in [0.29, 0.717) is 6.54 Å². The topological polar surface area (TPSA) is 42.2 Å². The second-order valence-corrected chi connectivity index (χ2v) is 6.40. The summed E-state index contributed by atoms with van der Waals surface area (Å²) in [6, 6.07) is 10.5. The van der Waals surface area contributed by atoms with Crippen LogP contribution in [0.15, 0.2) is 51.7 Å². The summed E-state index contributed by atoms with van der Waals surface area (Å²) in [5, 5.41) is 0. The summed E-state index contributed by atoms with van der Waals surface area (Å²) in [5.74, 6) is 0. The van der Waals surface area contributed by atoms with E-state index < -0.39 is 0 Å². The van der Waals surface area contributed by atoms with Crippen molar-refractivity contribution in [3.05, 3.63) is 62.8 Å². The maximum atomic E-state index is 5.97. The van der Waals surface area contributed by atoms with Gasteiger partial charge in [-0.3, -0.25) is 9.88 Å². The van der Waals surface area contributed by atoms with Crippen LogP contribution in [0.25, 0.3) is 0 Å². The lowest BCUT2D eigenvalue weighted by Crippen LogP contribution is -2.30. The van der Waals surface area contributed by atoms with Crippen LogP contribution in [0.2, 0.25) is 0 Å². The van der Waals surface area contributed by atoms with Crippen LogP contribution in [-0.2, 0) is 6.54 Å². The smallest absolute Gasteiger partial charge is 0.0471 e. The van der Waals surface area contributed by atoms with Gasteiger partial charge in [-0.25, -0.2) is 0 Å². The van der Waals surface area contributed by atoms with Crippen LogP contribution >= 0.6 is 31.9 Å².